The van der Waals surface area contributed by atoms with Gasteiger partial charge < -0.3 is 5.32 Å². The molecule has 0 aliphatic carbocycles. The zero-order valence-corrected chi connectivity index (χ0v) is 9.25. The average Bonchev–Trinajstić information content (AvgIpc) is 2.58. The molecule has 0 spiro atoms. The Kier molecular flexibility index (Phi) is 3.70. The Hall–Kier alpha value is -1.25. The fourth-order valence-electron chi connectivity index (χ4n) is 0.900. The number of aryl methyl sites for hydroxylation is 1. The van der Waals surface area contributed by atoms with Crippen LogP contribution in [0.2, 0.25) is 0 Å². The fraction of sp³-hybridized carbons (Fsp3) is 0.500. The van der Waals surface area contributed by atoms with E-state index >= 15 is 0 Å². The third kappa shape index (κ3) is 3.11. The molecule has 1 aromatic heterocycles. The molecule has 0 fully saturated rings. The summed E-state index contributed by atoms with van der Waals surface area (Å²) in [6, 6.07) is 0. The van der Waals surface area contributed by atoms with E-state index in [1.807, 2.05) is 0 Å². The number of hydrogen-bond donors (Lipinski definition) is 1. The van der Waals surface area contributed by atoms with Gasteiger partial charge in [-0.05, 0) is 6.92 Å². The van der Waals surface area contributed by atoms with Crippen LogP contribution in [-0.4, -0.2) is 23.0 Å². The lowest BCUT2D eigenvalue weighted by Crippen LogP contribution is -2.50. The van der Waals surface area contributed by atoms with Gasteiger partial charge in [-0.15, -0.1) is 11.3 Å². The predicted octanol–water partition coefficient (Wildman–Crippen LogP) is 2.27. The molecule has 1 rings (SSSR count). The summed E-state index contributed by atoms with van der Waals surface area (Å²) in [6.45, 7) is 1.18. The largest absolute Gasteiger partial charge is 0.463 e. The van der Waals surface area contributed by atoms with Crippen LogP contribution in [0, 0.1) is 6.92 Å². The Morgan fingerprint density at radius 3 is 2.41 bits per heavy atom. The second kappa shape index (κ2) is 4.55. The zero-order valence-electron chi connectivity index (χ0n) is 8.44. The molecule has 1 amide bonds. The third-order valence-electron chi connectivity index (χ3n) is 1.74. The SMILES string of the molecule is Cc1nc(CNC(=O)C(F)(F)C(F)(F)F)cs1. The maximum absolute atomic E-state index is 12.5. The van der Waals surface area contributed by atoms with Crippen molar-refractivity contribution in [2.75, 3.05) is 0 Å². The molecule has 0 aliphatic heterocycles. The van der Waals surface area contributed by atoms with E-state index in [-0.39, 0.29) is 5.69 Å². The van der Waals surface area contributed by atoms with Crippen molar-refractivity contribution >= 4 is 17.2 Å². The minimum atomic E-state index is -5.89. The standard InChI is InChI=1S/C8H7F5N2OS/c1-4-15-5(3-17-4)2-14-6(16)7(9,10)8(11,12)13/h3H,2H2,1H3,(H,14,16). The summed E-state index contributed by atoms with van der Waals surface area (Å²) in [7, 11) is 0. The summed E-state index contributed by atoms with van der Waals surface area (Å²) in [5.41, 5.74) is 0.235. The van der Waals surface area contributed by atoms with E-state index in [0.717, 1.165) is 0 Å². The maximum Gasteiger partial charge on any atom is 0.463 e. The number of aromatic nitrogens is 1. The van der Waals surface area contributed by atoms with Crippen molar-refractivity contribution in [2.24, 2.45) is 0 Å². The molecule has 0 saturated carbocycles. The number of alkyl halides is 5. The highest BCUT2D eigenvalue weighted by atomic mass is 32.1. The molecule has 1 aromatic rings. The molecule has 0 bridgehead atoms. The molecular weight excluding hydrogens is 267 g/mol. The van der Waals surface area contributed by atoms with Crippen molar-refractivity contribution in [2.45, 2.75) is 25.6 Å². The first-order chi connectivity index (χ1) is 7.64. The highest BCUT2D eigenvalue weighted by Gasteiger charge is 2.63. The Morgan fingerprint density at radius 1 is 1.41 bits per heavy atom. The molecule has 0 saturated heterocycles. The number of thiazole rings is 1. The molecule has 9 heteroatoms. The summed E-state index contributed by atoms with van der Waals surface area (Å²) in [5.74, 6) is -7.77. The van der Waals surface area contributed by atoms with Crippen LogP contribution in [0.25, 0.3) is 0 Å². The number of amides is 1. The van der Waals surface area contributed by atoms with E-state index in [2.05, 4.69) is 4.98 Å². The molecule has 0 aromatic carbocycles. The number of nitrogens with zero attached hydrogens (tertiary/aromatic N) is 1. The smallest absolute Gasteiger partial charge is 0.345 e. The van der Waals surface area contributed by atoms with Gasteiger partial charge in [0.05, 0.1) is 17.2 Å². The van der Waals surface area contributed by atoms with Crippen molar-refractivity contribution < 1.29 is 26.7 Å². The zero-order chi connectivity index (χ0) is 13.3. The molecular formula is C8H7F5N2OS. The second-order valence-corrected chi connectivity index (χ2v) is 4.17. The molecule has 96 valence electrons. The van der Waals surface area contributed by atoms with Gasteiger partial charge in [0.1, 0.15) is 0 Å². The number of halogens is 5. The Balaban J connectivity index is 2.61. The molecule has 1 heterocycles. The van der Waals surface area contributed by atoms with Crippen molar-refractivity contribution in [3.8, 4) is 0 Å². The van der Waals surface area contributed by atoms with E-state index in [0.29, 0.717) is 5.01 Å². The molecule has 1 N–H and O–H groups in total. The fourth-order valence-corrected chi connectivity index (χ4v) is 1.51. The lowest BCUT2D eigenvalue weighted by molar-refractivity contribution is -0.269. The molecule has 0 aliphatic rings. The van der Waals surface area contributed by atoms with Crippen LogP contribution < -0.4 is 5.32 Å². The lowest BCUT2D eigenvalue weighted by atomic mass is 10.3. The summed E-state index contributed by atoms with van der Waals surface area (Å²) < 4.78 is 60.3. The molecule has 0 radical (unpaired) electrons. The highest BCUT2D eigenvalue weighted by molar-refractivity contribution is 7.09. The molecule has 0 unspecified atom stereocenters. The van der Waals surface area contributed by atoms with Gasteiger partial charge in [-0.3, -0.25) is 4.79 Å². The summed E-state index contributed by atoms with van der Waals surface area (Å²) in [5, 5.41) is 3.58. The topological polar surface area (TPSA) is 42.0 Å². The van der Waals surface area contributed by atoms with Gasteiger partial charge in [-0.2, -0.15) is 22.0 Å². The van der Waals surface area contributed by atoms with Crippen molar-refractivity contribution in [1.82, 2.24) is 10.3 Å². The van der Waals surface area contributed by atoms with E-state index in [9.17, 15) is 26.7 Å². The molecule has 17 heavy (non-hydrogen) atoms. The number of rotatable bonds is 3. The third-order valence-corrected chi connectivity index (χ3v) is 2.56. The minimum absolute atomic E-state index is 0.235. The number of nitrogens with one attached hydrogen (secondary N) is 1. The van der Waals surface area contributed by atoms with Crippen LogP contribution in [0.1, 0.15) is 10.7 Å². The normalized spacial score (nSPS) is 12.6. The van der Waals surface area contributed by atoms with Crippen molar-refractivity contribution in [1.29, 1.82) is 0 Å². The van der Waals surface area contributed by atoms with Gasteiger partial charge in [0.25, 0.3) is 0 Å². The maximum atomic E-state index is 12.5. The van der Waals surface area contributed by atoms with E-state index < -0.39 is 24.6 Å². The lowest BCUT2D eigenvalue weighted by Gasteiger charge is -2.18. The van der Waals surface area contributed by atoms with Crippen LogP contribution >= 0.6 is 11.3 Å². The van der Waals surface area contributed by atoms with Crippen LogP contribution in [0.3, 0.4) is 0 Å². The minimum Gasteiger partial charge on any atom is -0.345 e. The first-order valence-corrected chi connectivity index (χ1v) is 5.16. The van der Waals surface area contributed by atoms with E-state index in [4.69, 9.17) is 0 Å². The van der Waals surface area contributed by atoms with Gasteiger partial charge >= 0.3 is 18.0 Å². The quantitative estimate of drug-likeness (QED) is 0.859. The average molecular weight is 274 g/mol. The highest BCUT2D eigenvalue weighted by Crippen LogP contribution is 2.35. The Morgan fingerprint density at radius 2 is 2.00 bits per heavy atom. The first kappa shape index (κ1) is 13.8. The van der Waals surface area contributed by atoms with E-state index in [1.165, 1.54) is 22.0 Å². The van der Waals surface area contributed by atoms with E-state index in [1.54, 1.807) is 6.92 Å². The predicted molar refractivity (Wildman–Crippen MR) is 49.7 cm³/mol. The van der Waals surface area contributed by atoms with Crippen molar-refractivity contribution in [3.05, 3.63) is 16.1 Å². The first-order valence-electron chi connectivity index (χ1n) is 4.28. The summed E-state index contributed by atoms with van der Waals surface area (Å²) in [6.07, 6.45) is -5.89. The monoisotopic (exact) mass is 274 g/mol. The van der Waals surface area contributed by atoms with Crippen LogP contribution in [-0.2, 0) is 11.3 Å². The van der Waals surface area contributed by atoms with Gasteiger partial charge in [0, 0.05) is 5.38 Å². The van der Waals surface area contributed by atoms with Crippen LogP contribution in [0.4, 0.5) is 22.0 Å². The van der Waals surface area contributed by atoms with Gasteiger partial charge in [-0.25, -0.2) is 4.98 Å². The molecule has 3 nitrogen and oxygen atoms in total. The Bertz CT molecular complexity index is 414. The summed E-state index contributed by atoms with van der Waals surface area (Å²) >= 11 is 1.20. The van der Waals surface area contributed by atoms with Gasteiger partial charge in [0.15, 0.2) is 0 Å². The van der Waals surface area contributed by atoms with Crippen molar-refractivity contribution in [3.63, 3.8) is 0 Å². The number of carbonyl (C=O) groups is 1. The number of hydrogen-bond acceptors (Lipinski definition) is 3. The number of carbonyl (C=O) groups excluding carboxylic acids is 1. The second-order valence-electron chi connectivity index (χ2n) is 3.11. The summed E-state index contributed by atoms with van der Waals surface area (Å²) in [4.78, 5) is 14.5. The van der Waals surface area contributed by atoms with Gasteiger partial charge in [-0.1, -0.05) is 0 Å². The van der Waals surface area contributed by atoms with Gasteiger partial charge in [0.2, 0.25) is 0 Å². The van der Waals surface area contributed by atoms with Crippen LogP contribution in [0.15, 0.2) is 5.38 Å². The molecule has 0 atom stereocenters. The van der Waals surface area contributed by atoms with Crippen LogP contribution in [0.5, 0.6) is 0 Å². The Labute approximate surface area is 96.7 Å².